The molecule has 1 aliphatic carbocycles. The quantitative estimate of drug-likeness (QED) is 0.110. The second kappa shape index (κ2) is 15.0. The van der Waals surface area contributed by atoms with Crippen LogP contribution in [-0.4, -0.2) is 0 Å². The zero-order chi connectivity index (χ0) is 40.9. The Morgan fingerprint density at radius 1 is 0.377 bits per heavy atom. The predicted molar refractivity (Wildman–Crippen MR) is 258 cm³/mol. The largest absolute Gasteiger partial charge is 0.310 e. The Labute approximate surface area is 358 Å². The van der Waals surface area contributed by atoms with Gasteiger partial charge in [-0.3, -0.25) is 0 Å². The van der Waals surface area contributed by atoms with Crippen LogP contribution in [0.3, 0.4) is 0 Å². The van der Waals surface area contributed by atoms with E-state index in [1.54, 1.807) is 0 Å². The normalized spacial score (nSPS) is 13.2. The second-order valence-corrected chi connectivity index (χ2v) is 16.5. The molecule has 0 aromatic heterocycles. The fourth-order valence-corrected chi connectivity index (χ4v) is 10.2. The zero-order valence-electron chi connectivity index (χ0n) is 34.5. The molecular weight excluding hydrogens is 735 g/mol. The van der Waals surface area contributed by atoms with Gasteiger partial charge in [-0.1, -0.05) is 195 Å². The monoisotopic (exact) mass is 779 g/mol. The lowest BCUT2D eigenvalue weighted by molar-refractivity contribution is 0.738. The van der Waals surface area contributed by atoms with Crippen molar-refractivity contribution in [1.29, 1.82) is 0 Å². The summed E-state index contributed by atoms with van der Waals surface area (Å²) in [5.41, 5.74) is 16.8. The third kappa shape index (κ3) is 6.08. The number of hydrogen-bond donors (Lipinski definition) is 0. The van der Waals surface area contributed by atoms with Crippen LogP contribution in [0.15, 0.2) is 231 Å². The molecule has 0 spiro atoms. The molecule has 1 aliphatic rings. The van der Waals surface area contributed by atoms with E-state index in [1.807, 2.05) is 0 Å². The van der Waals surface area contributed by atoms with Crippen molar-refractivity contribution < 1.29 is 0 Å². The van der Waals surface area contributed by atoms with Crippen LogP contribution in [0.2, 0.25) is 0 Å². The summed E-state index contributed by atoms with van der Waals surface area (Å²) in [6, 6.07) is 85.3. The van der Waals surface area contributed by atoms with Crippen LogP contribution in [0.4, 0.5) is 17.1 Å². The number of hydrogen-bond acceptors (Lipinski definition) is 1. The summed E-state index contributed by atoms with van der Waals surface area (Å²) in [5.74, 6) is 0.302. The van der Waals surface area contributed by atoms with Gasteiger partial charge in [0.1, 0.15) is 0 Å². The Kier molecular flexibility index (Phi) is 8.98. The van der Waals surface area contributed by atoms with Gasteiger partial charge in [0.05, 0.1) is 5.41 Å². The van der Waals surface area contributed by atoms with Crippen LogP contribution in [0.1, 0.15) is 51.8 Å². The molecule has 0 fully saturated rings. The Balaban J connectivity index is 1.09. The van der Waals surface area contributed by atoms with E-state index in [9.17, 15) is 0 Å². The lowest BCUT2D eigenvalue weighted by Crippen LogP contribution is -2.32. The molecule has 1 unspecified atom stereocenters. The van der Waals surface area contributed by atoms with Gasteiger partial charge in [0.15, 0.2) is 0 Å². The number of rotatable bonds is 8. The first-order valence-electron chi connectivity index (χ1n) is 21.4. The molecule has 0 saturated heterocycles. The van der Waals surface area contributed by atoms with Gasteiger partial charge in [-0.2, -0.15) is 0 Å². The van der Waals surface area contributed by atoms with E-state index in [-0.39, 0.29) is 0 Å². The second-order valence-electron chi connectivity index (χ2n) is 16.5. The first kappa shape index (κ1) is 36.6. The first-order valence-corrected chi connectivity index (χ1v) is 21.4. The van der Waals surface area contributed by atoms with Gasteiger partial charge < -0.3 is 4.90 Å². The molecule has 61 heavy (non-hydrogen) atoms. The first-order chi connectivity index (χ1) is 30.1. The van der Waals surface area contributed by atoms with E-state index in [0.29, 0.717) is 5.92 Å². The summed E-state index contributed by atoms with van der Waals surface area (Å²) in [6.45, 7) is 4.59. The molecule has 10 aromatic carbocycles. The van der Waals surface area contributed by atoms with Crippen molar-refractivity contribution in [1.82, 2.24) is 0 Å². The molecule has 0 aliphatic heterocycles. The number of anilines is 3. The molecule has 1 nitrogen and oxygen atoms in total. The maximum absolute atomic E-state index is 2.45. The topological polar surface area (TPSA) is 3.24 Å². The van der Waals surface area contributed by atoms with Crippen molar-refractivity contribution in [2.75, 3.05) is 4.90 Å². The van der Waals surface area contributed by atoms with E-state index in [0.717, 1.165) is 17.1 Å². The number of fused-ring (bicyclic) bond motifs is 6. The summed E-state index contributed by atoms with van der Waals surface area (Å²) in [7, 11) is 0. The van der Waals surface area contributed by atoms with E-state index in [1.165, 1.54) is 82.7 Å². The van der Waals surface area contributed by atoms with Crippen molar-refractivity contribution in [3.8, 4) is 22.3 Å². The maximum atomic E-state index is 2.45. The van der Waals surface area contributed by atoms with Crippen LogP contribution >= 0.6 is 0 Å². The van der Waals surface area contributed by atoms with E-state index >= 15 is 0 Å². The molecule has 1 atom stereocenters. The van der Waals surface area contributed by atoms with Gasteiger partial charge >= 0.3 is 0 Å². The molecule has 0 bridgehead atoms. The molecular formula is C60H45N. The van der Waals surface area contributed by atoms with E-state index < -0.39 is 5.41 Å². The molecule has 0 amide bonds. The number of nitrogens with zero attached hydrogens (tertiary/aromatic N) is 1. The van der Waals surface area contributed by atoms with Crippen molar-refractivity contribution in [3.05, 3.63) is 269 Å². The summed E-state index contributed by atoms with van der Waals surface area (Å²) >= 11 is 0. The van der Waals surface area contributed by atoms with Gasteiger partial charge in [-0.25, -0.2) is 0 Å². The average Bonchev–Trinajstić information content (AvgIpc) is 3.61. The molecule has 0 heterocycles. The average molecular weight is 780 g/mol. The van der Waals surface area contributed by atoms with Crippen LogP contribution in [0.25, 0.3) is 43.8 Å². The summed E-state index contributed by atoms with van der Waals surface area (Å²) in [4.78, 5) is 2.45. The maximum Gasteiger partial charge on any atom is 0.0704 e. The van der Waals surface area contributed by atoms with Crippen LogP contribution in [0.5, 0.6) is 0 Å². The molecule has 10 aromatic rings. The fraction of sp³-hybridized carbons (Fsp3) is 0.0667. The van der Waals surface area contributed by atoms with Crippen LogP contribution in [-0.2, 0) is 5.41 Å². The highest BCUT2D eigenvalue weighted by molar-refractivity contribution is 6.08. The van der Waals surface area contributed by atoms with Gasteiger partial charge in [0.2, 0.25) is 0 Å². The minimum Gasteiger partial charge on any atom is -0.310 e. The Morgan fingerprint density at radius 2 is 0.967 bits per heavy atom. The van der Waals surface area contributed by atoms with E-state index in [2.05, 4.69) is 249 Å². The molecule has 0 N–H and O–H groups in total. The number of benzene rings is 10. The minimum absolute atomic E-state index is 0.302. The highest BCUT2D eigenvalue weighted by Gasteiger charge is 2.39. The standard InChI is InChI=1S/C60H45N/c1-41-16-9-14-27-59(41)60(47-18-5-3-6-19-47,48-20-7-4-8-21-48)49-22-15-23-51(39-49)61(52-35-37-57-56-26-13-12-24-53(56)42(2)58(57)40-52)50-33-30-43(31-34-50)45-32-36-55-46(38-45)29-28-44-17-10-11-25-54(44)55/h3-40,42H,1-2H3. The van der Waals surface area contributed by atoms with Crippen molar-refractivity contribution >= 4 is 38.6 Å². The molecule has 0 saturated carbocycles. The summed E-state index contributed by atoms with van der Waals surface area (Å²) in [6.07, 6.45) is 0. The third-order valence-electron chi connectivity index (χ3n) is 13.2. The fourth-order valence-electron chi connectivity index (χ4n) is 10.2. The Hall–Kier alpha value is -7.48. The SMILES string of the molecule is Cc1ccccc1C(c1ccccc1)(c1ccccc1)c1cccc(N(c2ccc(-c3ccc4c(ccc5ccccc54)c3)cc2)c2ccc3c(c2)C(C)c2ccccc2-3)c1. The van der Waals surface area contributed by atoms with Crippen molar-refractivity contribution in [2.45, 2.75) is 25.2 Å². The minimum atomic E-state index is -0.575. The Morgan fingerprint density at radius 3 is 1.75 bits per heavy atom. The number of aryl methyl sites for hydroxylation is 1. The molecule has 11 rings (SSSR count). The highest BCUT2D eigenvalue weighted by Crippen LogP contribution is 2.50. The zero-order valence-corrected chi connectivity index (χ0v) is 34.5. The van der Waals surface area contributed by atoms with Gasteiger partial charge in [0, 0.05) is 23.0 Å². The molecule has 0 radical (unpaired) electrons. The smallest absolute Gasteiger partial charge is 0.0704 e. The van der Waals surface area contributed by atoms with Gasteiger partial charge in [-0.05, 0) is 132 Å². The lowest BCUT2D eigenvalue weighted by atomic mass is 9.64. The molecule has 290 valence electrons. The van der Waals surface area contributed by atoms with E-state index in [4.69, 9.17) is 0 Å². The molecule has 1 heteroatoms. The van der Waals surface area contributed by atoms with Crippen molar-refractivity contribution in [3.63, 3.8) is 0 Å². The predicted octanol–water partition coefficient (Wildman–Crippen LogP) is 16.0. The van der Waals surface area contributed by atoms with Crippen molar-refractivity contribution in [2.24, 2.45) is 0 Å². The van der Waals surface area contributed by atoms with Gasteiger partial charge in [-0.15, -0.1) is 0 Å². The summed E-state index contributed by atoms with van der Waals surface area (Å²) in [5, 5.41) is 5.09. The highest BCUT2D eigenvalue weighted by atomic mass is 15.1. The van der Waals surface area contributed by atoms with Crippen LogP contribution in [0, 0.1) is 6.92 Å². The lowest BCUT2D eigenvalue weighted by Gasteiger charge is -2.38. The van der Waals surface area contributed by atoms with Gasteiger partial charge in [0.25, 0.3) is 0 Å². The Bertz CT molecular complexity index is 3180. The van der Waals surface area contributed by atoms with Crippen LogP contribution < -0.4 is 4.90 Å². The summed E-state index contributed by atoms with van der Waals surface area (Å²) < 4.78 is 0. The third-order valence-corrected chi connectivity index (χ3v) is 13.2.